The highest BCUT2D eigenvalue weighted by Gasteiger charge is 2.16. The molecule has 0 unspecified atom stereocenters. The molecule has 0 saturated heterocycles. The fourth-order valence-corrected chi connectivity index (χ4v) is 1.70. The van der Waals surface area contributed by atoms with E-state index in [2.05, 4.69) is 25.9 Å². The molecule has 2 heterocycles. The van der Waals surface area contributed by atoms with E-state index in [4.69, 9.17) is 9.47 Å². The van der Waals surface area contributed by atoms with E-state index in [1.807, 2.05) is 18.2 Å². The van der Waals surface area contributed by atoms with Gasteiger partial charge in [0.2, 0.25) is 6.79 Å². The molecule has 1 aliphatic rings. The molecule has 1 aromatic heterocycles. The van der Waals surface area contributed by atoms with Crippen molar-refractivity contribution in [3.05, 3.63) is 29.6 Å². The van der Waals surface area contributed by atoms with E-state index in [0.717, 1.165) is 17.1 Å². The van der Waals surface area contributed by atoms with Crippen molar-refractivity contribution in [2.24, 2.45) is 0 Å². The van der Waals surface area contributed by atoms with Gasteiger partial charge in [-0.3, -0.25) is 0 Å². The Labute approximate surface area is 97.1 Å². The van der Waals surface area contributed by atoms with Crippen LogP contribution in [0.5, 0.6) is 11.5 Å². The molecule has 2 aromatic rings. The Morgan fingerprint density at radius 3 is 3.18 bits per heavy atom. The lowest BCUT2D eigenvalue weighted by Gasteiger charge is -2.05. The maximum absolute atomic E-state index is 5.41. The van der Waals surface area contributed by atoms with Gasteiger partial charge in [-0.25, -0.2) is 0 Å². The first kappa shape index (κ1) is 10.0. The summed E-state index contributed by atoms with van der Waals surface area (Å²) in [6, 6.07) is 5.83. The van der Waals surface area contributed by atoms with Crippen molar-refractivity contribution >= 4 is 0 Å². The highest BCUT2D eigenvalue weighted by molar-refractivity contribution is 5.48. The first-order valence-corrected chi connectivity index (χ1v) is 5.24. The summed E-state index contributed by atoms with van der Waals surface area (Å²) in [6.45, 7) is 1.51. The number of fused-ring (bicyclic) bond motifs is 1. The lowest BCUT2D eigenvalue weighted by Crippen LogP contribution is -2.14. The highest BCUT2D eigenvalue weighted by atomic mass is 16.7. The number of para-hydroxylation sites is 1. The van der Waals surface area contributed by atoms with E-state index in [0.29, 0.717) is 18.9 Å². The van der Waals surface area contributed by atoms with Gasteiger partial charge in [0.25, 0.3) is 0 Å². The Morgan fingerprint density at radius 1 is 1.29 bits per heavy atom. The van der Waals surface area contributed by atoms with E-state index < -0.39 is 0 Å². The number of aromatic nitrogens is 4. The molecular formula is C10H11N5O2. The lowest BCUT2D eigenvalue weighted by molar-refractivity contribution is 0.173. The van der Waals surface area contributed by atoms with E-state index in [1.54, 1.807) is 0 Å². The SMILES string of the molecule is c1cc(CNCc2nn[nH]n2)c2c(c1)OCO2. The maximum atomic E-state index is 5.41. The summed E-state index contributed by atoms with van der Waals surface area (Å²) < 4.78 is 10.7. The van der Waals surface area contributed by atoms with Crippen LogP contribution < -0.4 is 14.8 Å². The highest BCUT2D eigenvalue weighted by Crippen LogP contribution is 2.35. The number of nitrogens with one attached hydrogen (secondary N) is 2. The molecule has 17 heavy (non-hydrogen) atoms. The number of aromatic amines is 1. The van der Waals surface area contributed by atoms with Crippen LogP contribution in [0.3, 0.4) is 0 Å². The monoisotopic (exact) mass is 233 g/mol. The van der Waals surface area contributed by atoms with Crippen LogP contribution in [0.25, 0.3) is 0 Å². The molecule has 0 aliphatic carbocycles. The second-order valence-corrected chi connectivity index (χ2v) is 3.58. The molecule has 0 spiro atoms. The Balaban J connectivity index is 1.64. The molecule has 0 fully saturated rings. The molecule has 7 heteroatoms. The second-order valence-electron chi connectivity index (χ2n) is 3.58. The zero-order valence-electron chi connectivity index (χ0n) is 9.01. The number of rotatable bonds is 4. The minimum absolute atomic E-state index is 0.289. The van der Waals surface area contributed by atoms with E-state index in [9.17, 15) is 0 Å². The zero-order chi connectivity index (χ0) is 11.5. The summed E-state index contributed by atoms with van der Waals surface area (Å²) in [7, 11) is 0. The molecule has 1 aromatic carbocycles. The van der Waals surface area contributed by atoms with Crippen LogP contribution >= 0.6 is 0 Å². The molecule has 0 saturated carbocycles. The Bertz CT molecular complexity index is 499. The van der Waals surface area contributed by atoms with Crippen LogP contribution in [0.1, 0.15) is 11.4 Å². The summed E-state index contributed by atoms with van der Waals surface area (Å²) in [5.41, 5.74) is 1.06. The van der Waals surface area contributed by atoms with Gasteiger partial charge in [0.15, 0.2) is 17.3 Å². The molecular weight excluding hydrogens is 222 g/mol. The molecule has 88 valence electrons. The smallest absolute Gasteiger partial charge is 0.231 e. The quantitative estimate of drug-likeness (QED) is 0.785. The minimum Gasteiger partial charge on any atom is -0.454 e. The van der Waals surface area contributed by atoms with Crippen molar-refractivity contribution in [2.45, 2.75) is 13.1 Å². The number of H-pyrrole nitrogens is 1. The van der Waals surface area contributed by atoms with Crippen LogP contribution in [0.2, 0.25) is 0 Å². The standard InChI is InChI=1S/C10H11N5O2/c1-2-7(10-8(3-1)16-6-17-10)4-11-5-9-12-14-15-13-9/h1-3,11H,4-6H2,(H,12,13,14,15). The third-order valence-electron chi connectivity index (χ3n) is 2.47. The van der Waals surface area contributed by atoms with Crippen molar-refractivity contribution in [3.8, 4) is 11.5 Å². The molecule has 7 nitrogen and oxygen atoms in total. The third-order valence-corrected chi connectivity index (χ3v) is 2.47. The lowest BCUT2D eigenvalue weighted by atomic mass is 10.2. The van der Waals surface area contributed by atoms with E-state index >= 15 is 0 Å². The molecule has 0 amide bonds. The van der Waals surface area contributed by atoms with Gasteiger partial charge >= 0.3 is 0 Å². The number of benzene rings is 1. The second kappa shape index (κ2) is 4.38. The largest absolute Gasteiger partial charge is 0.454 e. The van der Waals surface area contributed by atoms with Crippen LogP contribution in [-0.4, -0.2) is 27.4 Å². The normalized spacial score (nSPS) is 12.9. The predicted octanol–water partition coefficient (Wildman–Crippen LogP) is 0.218. The fraction of sp³-hybridized carbons (Fsp3) is 0.300. The van der Waals surface area contributed by atoms with Crippen LogP contribution in [0.4, 0.5) is 0 Å². The molecule has 3 rings (SSSR count). The zero-order valence-corrected chi connectivity index (χ0v) is 9.01. The number of ether oxygens (including phenoxy) is 2. The molecule has 0 radical (unpaired) electrons. The van der Waals surface area contributed by atoms with Gasteiger partial charge in [-0.15, -0.1) is 10.2 Å². The summed E-state index contributed by atoms with van der Waals surface area (Å²) in [6.07, 6.45) is 0. The summed E-state index contributed by atoms with van der Waals surface area (Å²) >= 11 is 0. The van der Waals surface area contributed by atoms with Gasteiger partial charge in [0.1, 0.15) is 0 Å². The van der Waals surface area contributed by atoms with Crippen molar-refractivity contribution in [2.75, 3.05) is 6.79 Å². The van der Waals surface area contributed by atoms with Crippen molar-refractivity contribution < 1.29 is 9.47 Å². The summed E-state index contributed by atoms with van der Waals surface area (Å²) in [4.78, 5) is 0. The summed E-state index contributed by atoms with van der Waals surface area (Å²) in [5.74, 6) is 2.24. The number of tetrazole rings is 1. The average molecular weight is 233 g/mol. The fourth-order valence-electron chi connectivity index (χ4n) is 1.70. The Hall–Kier alpha value is -2.15. The van der Waals surface area contributed by atoms with Gasteiger partial charge in [0.05, 0.1) is 6.54 Å². The summed E-state index contributed by atoms with van der Waals surface area (Å²) in [5, 5.41) is 16.8. The number of nitrogens with zero attached hydrogens (tertiary/aromatic N) is 3. The molecule has 1 aliphatic heterocycles. The van der Waals surface area contributed by atoms with Gasteiger partial charge in [-0.2, -0.15) is 5.21 Å². The van der Waals surface area contributed by atoms with Crippen LogP contribution in [-0.2, 0) is 13.1 Å². The van der Waals surface area contributed by atoms with Crippen LogP contribution in [0.15, 0.2) is 18.2 Å². The topological polar surface area (TPSA) is 85.0 Å². The average Bonchev–Trinajstić information content (AvgIpc) is 2.99. The maximum Gasteiger partial charge on any atom is 0.231 e. The first-order chi connectivity index (χ1) is 8.43. The van der Waals surface area contributed by atoms with Crippen molar-refractivity contribution in [3.63, 3.8) is 0 Å². The van der Waals surface area contributed by atoms with Crippen molar-refractivity contribution in [1.29, 1.82) is 0 Å². The Morgan fingerprint density at radius 2 is 2.29 bits per heavy atom. The van der Waals surface area contributed by atoms with Gasteiger partial charge < -0.3 is 14.8 Å². The molecule has 0 atom stereocenters. The van der Waals surface area contributed by atoms with Crippen LogP contribution in [0, 0.1) is 0 Å². The first-order valence-electron chi connectivity index (χ1n) is 5.24. The Kier molecular flexibility index (Phi) is 2.59. The van der Waals surface area contributed by atoms with E-state index in [1.165, 1.54) is 0 Å². The number of hydrogen-bond donors (Lipinski definition) is 2. The van der Waals surface area contributed by atoms with Crippen molar-refractivity contribution in [1.82, 2.24) is 25.9 Å². The molecule has 0 bridgehead atoms. The van der Waals surface area contributed by atoms with Gasteiger partial charge in [-0.05, 0) is 6.07 Å². The third kappa shape index (κ3) is 2.04. The predicted molar refractivity (Wildman–Crippen MR) is 57.3 cm³/mol. The number of hydrogen-bond acceptors (Lipinski definition) is 6. The molecule has 2 N–H and O–H groups in total. The van der Waals surface area contributed by atoms with E-state index in [-0.39, 0.29) is 6.79 Å². The minimum atomic E-state index is 0.289. The van der Waals surface area contributed by atoms with Gasteiger partial charge in [-0.1, -0.05) is 17.3 Å². The van der Waals surface area contributed by atoms with Gasteiger partial charge in [0, 0.05) is 12.1 Å².